The van der Waals surface area contributed by atoms with Crippen molar-refractivity contribution < 1.29 is 15.0 Å². The van der Waals surface area contributed by atoms with Crippen LogP contribution in [0.2, 0.25) is 0 Å². The molecule has 3 rings (SSSR count). The van der Waals surface area contributed by atoms with Crippen LogP contribution in [0.5, 0.6) is 0 Å². The van der Waals surface area contributed by atoms with Crippen molar-refractivity contribution in [3.05, 3.63) is 71.1 Å². The summed E-state index contributed by atoms with van der Waals surface area (Å²) in [5, 5.41) is 24.4. The number of nitrogens with one attached hydrogen (secondary N) is 1. The highest BCUT2D eigenvalue weighted by atomic mass is 16.4. The first-order chi connectivity index (χ1) is 11.1. The molecule has 3 N–H and O–H groups in total. The molecule has 0 saturated heterocycles. The number of allylic oxidation sites excluding steroid dienone is 2. The molecule has 0 amide bonds. The molecule has 0 radical (unpaired) electrons. The highest BCUT2D eigenvalue weighted by molar-refractivity contribution is 5.90. The predicted octanol–water partition coefficient (Wildman–Crippen LogP) is 3.55. The van der Waals surface area contributed by atoms with Gasteiger partial charge < -0.3 is 15.5 Å². The lowest BCUT2D eigenvalue weighted by molar-refractivity contribution is -0.132. The lowest BCUT2D eigenvalue weighted by atomic mass is 10.0. The van der Waals surface area contributed by atoms with Crippen LogP contribution in [0.15, 0.2) is 65.6 Å². The van der Waals surface area contributed by atoms with Crippen LogP contribution in [0.4, 0.5) is 0 Å². The predicted molar refractivity (Wildman–Crippen MR) is 90.3 cm³/mol. The lowest BCUT2D eigenvalue weighted by Gasteiger charge is -2.16. The van der Waals surface area contributed by atoms with E-state index in [1.165, 1.54) is 22.4 Å². The number of hydrogen-bond donors (Lipinski definition) is 3. The average molecular weight is 309 g/mol. The number of carboxylic acids is 1. The second-order valence-corrected chi connectivity index (χ2v) is 5.65. The zero-order chi connectivity index (χ0) is 16.2. The minimum Gasteiger partial charge on any atom is -0.511 e. The lowest BCUT2D eigenvalue weighted by Crippen LogP contribution is -2.20. The summed E-state index contributed by atoms with van der Waals surface area (Å²) in [4.78, 5) is 11.1. The van der Waals surface area contributed by atoms with Crippen LogP contribution in [0.3, 0.4) is 0 Å². The van der Waals surface area contributed by atoms with E-state index in [2.05, 4.69) is 35.6 Å². The fourth-order valence-corrected chi connectivity index (χ4v) is 2.91. The molecule has 1 aliphatic rings. The van der Waals surface area contributed by atoms with Crippen molar-refractivity contribution in [2.75, 3.05) is 6.54 Å². The van der Waals surface area contributed by atoms with E-state index >= 15 is 0 Å². The van der Waals surface area contributed by atoms with E-state index in [1.807, 2.05) is 12.1 Å². The van der Waals surface area contributed by atoms with Gasteiger partial charge in [0.25, 0.3) is 0 Å². The molecule has 0 unspecified atom stereocenters. The third-order valence-corrected chi connectivity index (χ3v) is 4.12. The summed E-state index contributed by atoms with van der Waals surface area (Å²) < 4.78 is 0. The molecule has 23 heavy (non-hydrogen) atoms. The second-order valence-electron chi connectivity index (χ2n) is 5.65. The van der Waals surface area contributed by atoms with Gasteiger partial charge in [0.15, 0.2) is 0 Å². The summed E-state index contributed by atoms with van der Waals surface area (Å²) in [6.07, 6.45) is 3.40. The van der Waals surface area contributed by atoms with Crippen molar-refractivity contribution in [3.63, 3.8) is 0 Å². The molecule has 4 nitrogen and oxygen atoms in total. The van der Waals surface area contributed by atoms with E-state index in [0.29, 0.717) is 12.8 Å². The normalized spacial score (nSPS) is 14.7. The molecule has 2 aromatic carbocycles. The number of benzene rings is 2. The molecule has 0 atom stereocenters. The average Bonchev–Trinajstić information content (AvgIpc) is 2.56. The largest absolute Gasteiger partial charge is 0.511 e. The molecule has 0 spiro atoms. The molecule has 0 aliphatic heterocycles. The van der Waals surface area contributed by atoms with Gasteiger partial charge in [-0.2, -0.15) is 0 Å². The molecule has 2 aromatic rings. The number of aliphatic hydroxyl groups is 1. The van der Waals surface area contributed by atoms with E-state index in [0.717, 1.165) is 18.7 Å². The Kier molecular flexibility index (Phi) is 4.33. The summed E-state index contributed by atoms with van der Waals surface area (Å²) in [6, 6.07) is 14.6. The number of rotatable bonds is 5. The van der Waals surface area contributed by atoms with Gasteiger partial charge in [0, 0.05) is 18.7 Å². The van der Waals surface area contributed by atoms with Crippen LogP contribution in [0, 0.1) is 0 Å². The van der Waals surface area contributed by atoms with Crippen LogP contribution in [0.1, 0.15) is 18.4 Å². The first-order valence-electron chi connectivity index (χ1n) is 7.71. The molecular weight excluding hydrogens is 290 g/mol. The van der Waals surface area contributed by atoms with E-state index in [9.17, 15) is 9.90 Å². The van der Waals surface area contributed by atoms with Gasteiger partial charge in [-0.05, 0) is 35.3 Å². The molecule has 0 saturated carbocycles. The molecule has 0 bridgehead atoms. The third-order valence-electron chi connectivity index (χ3n) is 4.12. The Bertz CT molecular complexity index is 800. The Morgan fingerprint density at radius 2 is 1.87 bits per heavy atom. The van der Waals surface area contributed by atoms with E-state index in [4.69, 9.17) is 5.11 Å². The number of carboxylic acid groups (broad SMARTS) is 1. The Morgan fingerprint density at radius 3 is 2.70 bits per heavy atom. The third kappa shape index (κ3) is 3.37. The van der Waals surface area contributed by atoms with Gasteiger partial charge in [0.1, 0.15) is 5.76 Å². The monoisotopic (exact) mass is 309 g/mol. The Labute approximate surface area is 134 Å². The second kappa shape index (κ2) is 6.57. The Balaban J connectivity index is 1.68. The number of fused-ring (bicyclic) bond motifs is 1. The van der Waals surface area contributed by atoms with Gasteiger partial charge >= 0.3 is 5.97 Å². The molecule has 0 heterocycles. The van der Waals surface area contributed by atoms with Gasteiger partial charge in [0.2, 0.25) is 0 Å². The fraction of sp³-hybridized carbons (Fsp3) is 0.211. The number of aliphatic hydroxyl groups excluding tert-OH is 1. The van der Waals surface area contributed by atoms with Crippen LogP contribution in [0.25, 0.3) is 10.8 Å². The summed E-state index contributed by atoms with van der Waals surface area (Å²) in [5.41, 5.74) is 2.12. The van der Waals surface area contributed by atoms with E-state index in [-0.39, 0.29) is 11.3 Å². The first kappa shape index (κ1) is 15.2. The minimum atomic E-state index is -1.09. The van der Waals surface area contributed by atoms with Crippen molar-refractivity contribution >= 4 is 16.7 Å². The minimum absolute atomic E-state index is 0.0103. The first-order valence-corrected chi connectivity index (χ1v) is 7.71. The fourth-order valence-electron chi connectivity index (χ4n) is 2.91. The smallest absolute Gasteiger partial charge is 0.339 e. The van der Waals surface area contributed by atoms with E-state index in [1.54, 1.807) is 0 Å². The number of aliphatic carboxylic acids is 1. The number of hydrogen-bond acceptors (Lipinski definition) is 3. The van der Waals surface area contributed by atoms with Crippen molar-refractivity contribution in [1.82, 2.24) is 5.32 Å². The van der Waals surface area contributed by atoms with Gasteiger partial charge in [-0.1, -0.05) is 42.5 Å². The zero-order valence-corrected chi connectivity index (χ0v) is 12.7. The van der Waals surface area contributed by atoms with Crippen LogP contribution >= 0.6 is 0 Å². The van der Waals surface area contributed by atoms with E-state index < -0.39 is 5.97 Å². The van der Waals surface area contributed by atoms with Crippen molar-refractivity contribution in [2.24, 2.45) is 0 Å². The Hall–Kier alpha value is -2.75. The van der Waals surface area contributed by atoms with Crippen molar-refractivity contribution in [3.8, 4) is 0 Å². The standard InChI is InChI=1S/C19H19NO3/c21-18-9-8-15(12-17(18)19(22)23)20-11-10-14-6-3-5-13-4-1-2-7-16(13)14/h1-7,12,20-21H,8-11H2,(H,22,23). The van der Waals surface area contributed by atoms with Gasteiger partial charge in [0.05, 0.1) is 5.57 Å². The van der Waals surface area contributed by atoms with Crippen LogP contribution in [-0.4, -0.2) is 22.7 Å². The summed E-state index contributed by atoms with van der Waals surface area (Å²) >= 11 is 0. The number of carbonyl (C=O) groups is 1. The Morgan fingerprint density at radius 1 is 1.09 bits per heavy atom. The van der Waals surface area contributed by atoms with Crippen molar-refractivity contribution in [2.45, 2.75) is 19.3 Å². The highest BCUT2D eigenvalue weighted by Crippen LogP contribution is 2.22. The highest BCUT2D eigenvalue weighted by Gasteiger charge is 2.17. The molecule has 0 aromatic heterocycles. The maximum absolute atomic E-state index is 11.1. The summed E-state index contributed by atoms with van der Waals surface area (Å²) in [7, 11) is 0. The molecule has 4 heteroatoms. The van der Waals surface area contributed by atoms with Gasteiger partial charge in [-0.15, -0.1) is 0 Å². The zero-order valence-electron chi connectivity index (χ0n) is 12.7. The quantitative estimate of drug-likeness (QED) is 0.790. The van der Waals surface area contributed by atoms with Crippen LogP contribution < -0.4 is 5.32 Å². The topological polar surface area (TPSA) is 69.6 Å². The summed E-state index contributed by atoms with van der Waals surface area (Å²) in [5.74, 6) is -1.13. The maximum atomic E-state index is 11.1. The van der Waals surface area contributed by atoms with Gasteiger partial charge in [-0.25, -0.2) is 4.79 Å². The maximum Gasteiger partial charge on any atom is 0.339 e. The van der Waals surface area contributed by atoms with Gasteiger partial charge in [-0.3, -0.25) is 0 Å². The molecular formula is C19H19NO3. The molecule has 0 fully saturated rings. The van der Waals surface area contributed by atoms with Crippen molar-refractivity contribution in [1.29, 1.82) is 0 Å². The SMILES string of the molecule is O=C(O)C1=C(O)CCC(NCCc2cccc3ccccc23)=C1. The molecule has 1 aliphatic carbocycles. The van der Waals surface area contributed by atoms with Crippen LogP contribution in [-0.2, 0) is 11.2 Å². The summed E-state index contributed by atoms with van der Waals surface area (Å²) in [6.45, 7) is 0.730. The molecule has 118 valence electrons.